The predicted molar refractivity (Wildman–Crippen MR) is 77.0 cm³/mol. The summed E-state index contributed by atoms with van der Waals surface area (Å²) in [7, 11) is 2.01. The predicted octanol–water partition coefficient (Wildman–Crippen LogP) is 3.06. The molecule has 2 unspecified atom stereocenters. The van der Waals surface area contributed by atoms with Crippen molar-refractivity contribution in [2.24, 2.45) is 13.0 Å². The minimum atomic E-state index is -0.109. The Bertz CT molecular complexity index is 561. The molecule has 0 bridgehead atoms. The summed E-state index contributed by atoms with van der Waals surface area (Å²) in [6.45, 7) is 0. The molecule has 1 aromatic carbocycles. The van der Waals surface area contributed by atoms with Gasteiger partial charge in [-0.15, -0.1) is 0 Å². The van der Waals surface area contributed by atoms with Gasteiger partial charge in [-0.25, -0.2) is 0 Å². The number of fused-ring (bicyclic) bond motifs is 1. The van der Waals surface area contributed by atoms with Crippen LogP contribution in [0.3, 0.4) is 0 Å². The lowest BCUT2D eigenvalue weighted by molar-refractivity contribution is 0.141. The number of aliphatic hydroxyl groups is 1. The molecule has 2 atom stereocenters. The average Bonchev–Trinajstić information content (AvgIpc) is 2.58. The standard InChI is InChI=1S/C16H22N2O/c1-18-16-9-5-4-8-14(16)15(17-18)11-12-6-2-3-7-13(19)10-12/h4-5,8-9,12-13,19H,2-3,6-7,10-11H2,1H3. The van der Waals surface area contributed by atoms with Crippen molar-refractivity contribution in [1.29, 1.82) is 0 Å². The molecule has 0 amide bonds. The van der Waals surface area contributed by atoms with Gasteiger partial charge in [-0.1, -0.05) is 31.0 Å². The number of aryl methyl sites for hydroxylation is 1. The molecule has 0 aliphatic heterocycles. The van der Waals surface area contributed by atoms with Gasteiger partial charge in [-0.3, -0.25) is 4.68 Å². The molecule has 1 heterocycles. The molecular weight excluding hydrogens is 236 g/mol. The number of aromatic nitrogens is 2. The minimum Gasteiger partial charge on any atom is -0.393 e. The fourth-order valence-corrected chi connectivity index (χ4v) is 3.33. The summed E-state index contributed by atoms with van der Waals surface area (Å²) in [5.74, 6) is 0.579. The molecule has 102 valence electrons. The summed E-state index contributed by atoms with van der Waals surface area (Å²) >= 11 is 0. The lowest BCUT2D eigenvalue weighted by Gasteiger charge is -2.15. The maximum absolute atomic E-state index is 9.93. The quantitative estimate of drug-likeness (QED) is 0.841. The molecule has 3 nitrogen and oxygen atoms in total. The highest BCUT2D eigenvalue weighted by Gasteiger charge is 2.20. The van der Waals surface area contributed by atoms with Gasteiger partial charge < -0.3 is 5.11 Å². The van der Waals surface area contributed by atoms with E-state index in [9.17, 15) is 5.11 Å². The summed E-state index contributed by atoms with van der Waals surface area (Å²) in [6, 6.07) is 8.41. The summed E-state index contributed by atoms with van der Waals surface area (Å²) in [6.07, 6.45) is 6.43. The van der Waals surface area contributed by atoms with E-state index in [0.29, 0.717) is 5.92 Å². The van der Waals surface area contributed by atoms with Gasteiger partial charge in [-0.05, 0) is 37.7 Å². The van der Waals surface area contributed by atoms with Gasteiger partial charge in [0.2, 0.25) is 0 Å². The van der Waals surface area contributed by atoms with E-state index in [-0.39, 0.29) is 6.10 Å². The molecule has 2 aromatic rings. The Morgan fingerprint density at radius 2 is 2.05 bits per heavy atom. The van der Waals surface area contributed by atoms with Gasteiger partial charge in [0.15, 0.2) is 0 Å². The number of hydrogen-bond donors (Lipinski definition) is 1. The second kappa shape index (κ2) is 5.33. The molecule has 19 heavy (non-hydrogen) atoms. The van der Waals surface area contributed by atoms with Gasteiger partial charge >= 0.3 is 0 Å². The average molecular weight is 258 g/mol. The highest BCUT2D eigenvalue weighted by molar-refractivity contribution is 5.81. The van der Waals surface area contributed by atoms with E-state index in [4.69, 9.17) is 0 Å². The van der Waals surface area contributed by atoms with Gasteiger partial charge in [0.1, 0.15) is 0 Å². The van der Waals surface area contributed by atoms with Crippen LogP contribution < -0.4 is 0 Å². The second-order valence-corrected chi connectivity index (χ2v) is 5.83. The zero-order valence-corrected chi connectivity index (χ0v) is 11.5. The molecule has 0 radical (unpaired) electrons. The first-order valence-corrected chi connectivity index (χ1v) is 7.32. The van der Waals surface area contributed by atoms with E-state index in [2.05, 4.69) is 29.4 Å². The van der Waals surface area contributed by atoms with Crippen molar-refractivity contribution in [1.82, 2.24) is 9.78 Å². The van der Waals surface area contributed by atoms with Crippen molar-refractivity contribution in [2.75, 3.05) is 0 Å². The maximum atomic E-state index is 9.93. The zero-order chi connectivity index (χ0) is 13.2. The van der Waals surface area contributed by atoms with Crippen molar-refractivity contribution in [2.45, 2.75) is 44.6 Å². The van der Waals surface area contributed by atoms with Crippen LogP contribution in [0.2, 0.25) is 0 Å². The number of nitrogens with zero attached hydrogens (tertiary/aromatic N) is 2. The fourth-order valence-electron chi connectivity index (χ4n) is 3.33. The third-order valence-corrected chi connectivity index (χ3v) is 4.32. The van der Waals surface area contributed by atoms with Crippen LogP contribution in [0.4, 0.5) is 0 Å². The number of hydrogen-bond acceptors (Lipinski definition) is 2. The molecule has 1 N–H and O–H groups in total. The van der Waals surface area contributed by atoms with E-state index in [0.717, 1.165) is 19.3 Å². The zero-order valence-electron chi connectivity index (χ0n) is 11.5. The molecule has 1 aliphatic rings. The van der Waals surface area contributed by atoms with Gasteiger partial charge in [0, 0.05) is 12.4 Å². The van der Waals surface area contributed by atoms with E-state index in [1.165, 1.54) is 35.9 Å². The van der Waals surface area contributed by atoms with Crippen LogP contribution in [-0.2, 0) is 13.5 Å². The number of para-hydroxylation sites is 1. The van der Waals surface area contributed by atoms with Crippen LogP contribution in [0.25, 0.3) is 10.9 Å². The van der Waals surface area contributed by atoms with Crippen molar-refractivity contribution >= 4 is 10.9 Å². The Morgan fingerprint density at radius 3 is 2.95 bits per heavy atom. The Hall–Kier alpha value is -1.35. The first-order valence-electron chi connectivity index (χ1n) is 7.32. The Balaban J connectivity index is 1.84. The van der Waals surface area contributed by atoms with Crippen LogP contribution >= 0.6 is 0 Å². The minimum absolute atomic E-state index is 0.109. The first kappa shape index (κ1) is 12.7. The normalized spacial score (nSPS) is 24.5. The number of benzene rings is 1. The molecule has 0 spiro atoms. The van der Waals surface area contributed by atoms with Crippen LogP contribution in [0.5, 0.6) is 0 Å². The fraction of sp³-hybridized carbons (Fsp3) is 0.562. The summed E-state index contributed by atoms with van der Waals surface area (Å²) < 4.78 is 1.97. The largest absolute Gasteiger partial charge is 0.393 e. The Morgan fingerprint density at radius 1 is 1.26 bits per heavy atom. The number of rotatable bonds is 2. The van der Waals surface area contributed by atoms with Crippen molar-refractivity contribution in [3.8, 4) is 0 Å². The van der Waals surface area contributed by atoms with Crippen molar-refractivity contribution in [3.05, 3.63) is 30.0 Å². The molecule has 0 saturated heterocycles. The highest BCUT2D eigenvalue weighted by Crippen LogP contribution is 2.28. The van der Waals surface area contributed by atoms with Gasteiger partial charge in [-0.2, -0.15) is 5.10 Å². The third kappa shape index (κ3) is 2.66. The lowest BCUT2D eigenvalue weighted by atomic mass is 9.93. The van der Waals surface area contributed by atoms with Crippen LogP contribution in [0.1, 0.15) is 37.8 Å². The van der Waals surface area contributed by atoms with E-state index < -0.39 is 0 Å². The SMILES string of the molecule is Cn1nc(CC2CCCCC(O)C2)c2ccccc21. The van der Waals surface area contributed by atoms with Crippen molar-refractivity contribution < 1.29 is 5.11 Å². The second-order valence-electron chi connectivity index (χ2n) is 5.83. The van der Waals surface area contributed by atoms with Gasteiger partial charge in [0.25, 0.3) is 0 Å². The topological polar surface area (TPSA) is 38.0 Å². The van der Waals surface area contributed by atoms with E-state index in [1.807, 2.05) is 11.7 Å². The number of aliphatic hydroxyl groups excluding tert-OH is 1. The Kier molecular flexibility index (Phi) is 3.56. The molecule has 1 fully saturated rings. The maximum Gasteiger partial charge on any atom is 0.0706 e. The molecule has 3 rings (SSSR count). The molecule has 1 aliphatic carbocycles. The lowest BCUT2D eigenvalue weighted by Crippen LogP contribution is -2.13. The highest BCUT2D eigenvalue weighted by atomic mass is 16.3. The first-order chi connectivity index (χ1) is 9.24. The summed E-state index contributed by atoms with van der Waals surface area (Å²) in [5, 5.41) is 15.9. The Labute approximate surface area is 114 Å². The molecule has 1 saturated carbocycles. The van der Waals surface area contributed by atoms with Crippen molar-refractivity contribution in [3.63, 3.8) is 0 Å². The molecule has 1 aromatic heterocycles. The summed E-state index contributed by atoms with van der Waals surface area (Å²) in [4.78, 5) is 0. The monoisotopic (exact) mass is 258 g/mol. The van der Waals surface area contributed by atoms with Gasteiger partial charge in [0.05, 0.1) is 17.3 Å². The molecular formula is C16H22N2O. The van der Waals surface area contributed by atoms with E-state index >= 15 is 0 Å². The van der Waals surface area contributed by atoms with E-state index in [1.54, 1.807) is 0 Å². The van der Waals surface area contributed by atoms with Crippen LogP contribution in [0.15, 0.2) is 24.3 Å². The van der Waals surface area contributed by atoms with Crippen LogP contribution in [0, 0.1) is 5.92 Å². The third-order valence-electron chi connectivity index (χ3n) is 4.32. The summed E-state index contributed by atoms with van der Waals surface area (Å²) in [5.41, 5.74) is 2.39. The van der Waals surface area contributed by atoms with Crippen LogP contribution in [-0.4, -0.2) is 21.0 Å². The molecule has 3 heteroatoms. The smallest absolute Gasteiger partial charge is 0.0706 e.